The quantitative estimate of drug-likeness (QED) is 0.369. The fraction of sp³-hybridized carbons (Fsp3) is 0.143. The first-order valence-corrected chi connectivity index (χ1v) is 8.23. The first-order valence-electron chi connectivity index (χ1n) is 8.23. The number of nitrogen functional groups attached to an aromatic ring is 1. The highest BCUT2D eigenvalue weighted by atomic mass is 19.4. The van der Waals surface area contributed by atoms with E-state index in [2.05, 4.69) is 0 Å². The topological polar surface area (TPSA) is 26.0 Å². The predicted molar refractivity (Wildman–Crippen MR) is 96.5 cm³/mol. The van der Waals surface area contributed by atoms with Crippen molar-refractivity contribution in [2.75, 3.05) is 5.73 Å². The van der Waals surface area contributed by atoms with Gasteiger partial charge in [-0.25, -0.2) is 0 Å². The van der Waals surface area contributed by atoms with Gasteiger partial charge in [-0.2, -0.15) is 26.3 Å². The second kappa shape index (κ2) is 6.89. The standard InChI is InChI=1S/C21H15F6N/c1-12-2-4-13(5-3-12)16-10-11-17(14-6-8-15(28)9-7-14)19(21(25,26)27)18(16)20(22,23)24/h2-11H,28H2,1H3. The van der Waals surface area contributed by atoms with Gasteiger partial charge in [0.25, 0.3) is 0 Å². The van der Waals surface area contributed by atoms with E-state index in [0.717, 1.165) is 17.7 Å². The van der Waals surface area contributed by atoms with Crippen LogP contribution in [0.1, 0.15) is 16.7 Å². The fourth-order valence-electron chi connectivity index (χ4n) is 3.07. The van der Waals surface area contributed by atoms with Crippen LogP contribution in [0, 0.1) is 6.92 Å². The van der Waals surface area contributed by atoms with E-state index in [-0.39, 0.29) is 11.1 Å². The van der Waals surface area contributed by atoms with E-state index >= 15 is 0 Å². The van der Waals surface area contributed by atoms with E-state index < -0.39 is 34.6 Å². The zero-order valence-electron chi connectivity index (χ0n) is 14.6. The number of alkyl halides is 6. The minimum Gasteiger partial charge on any atom is -0.399 e. The Morgan fingerprint density at radius 1 is 0.571 bits per heavy atom. The molecular formula is C21H15F6N. The van der Waals surface area contributed by atoms with Gasteiger partial charge < -0.3 is 5.73 Å². The lowest BCUT2D eigenvalue weighted by Gasteiger charge is -2.23. The van der Waals surface area contributed by atoms with E-state index in [4.69, 9.17) is 5.73 Å². The minimum absolute atomic E-state index is 0.00230. The number of aryl methyl sites for hydroxylation is 1. The molecule has 1 nitrogen and oxygen atoms in total. The molecule has 0 unspecified atom stereocenters. The Bertz CT molecular complexity index is 901. The predicted octanol–water partition coefficient (Wildman–Crippen LogP) is 6.95. The lowest BCUT2D eigenvalue weighted by Crippen LogP contribution is -2.19. The fourth-order valence-corrected chi connectivity index (χ4v) is 3.07. The van der Waals surface area contributed by atoms with Gasteiger partial charge in [0.05, 0.1) is 11.1 Å². The molecular weight excluding hydrogens is 380 g/mol. The van der Waals surface area contributed by atoms with Gasteiger partial charge in [-0.3, -0.25) is 0 Å². The molecule has 28 heavy (non-hydrogen) atoms. The molecule has 0 spiro atoms. The van der Waals surface area contributed by atoms with Crippen molar-refractivity contribution in [2.24, 2.45) is 0 Å². The van der Waals surface area contributed by atoms with Gasteiger partial charge in [-0.05, 0) is 41.3 Å². The first kappa shape index (κ1) is 19.8. The summed E-state index contributed by atoms with van der Waals surface area (Å²) < 4.78 is 83.0. The monoisotopic (exact) mass is 395 g/mol. The summed E-state index contributed by atoms with van der Waals surface area (Å²) in [6.07, 6.45) is -10.4. The van der Waals surface area contributed by atoms with Crippen LogP contribution in [0.4, 0.5) is 32.0 Å². The third-order valence-electron chi connectivity index (χ3n) is 4.36. The molecule has 3 aromatic carbocycles. The molecule has 3 aromatic rings. The SMILES string of the molecule is Cc1ccc(-c2ccc(-c3ccc(N)cc3)c(C(F)(F)F)c2C(F)(F)F)cc1. The molecule has 0 fully saturated rings. The minimum atomic E-state index is -5.21. The van der Waals surface area contributed by atoms with Crippen molar-refractivity contribution in [1.82, 2.24) is 0 Å². The molecule has 0 saturated heterocycles. The summed E-state index contributed by atoms with van der Waals surface area (Å²) in [4.78, 5) is 0. The number of benzene rings is 3. The molecule has 0 aliphatic carbocycles. The van der Waals surface area contributed by atoms with Gasteiger partial charge in [0, 0.05) is 5.69 Å². The summed E-state index contributed by atoms with van der Waals surface area (Å²) in [5.74, 6) is 0. The van der Waals surface area contributed by atoms with Gasteiger partial charge in [-0.15, -0.1) is 0 Å². The summed E-state index contributed by atoms with van der Waals surface area (Å²) in [5.41, 5.74) is 2.22. The molecule has 0 atom stereocenters. The van der Waals surface area contributed by atoms with E-state index in [1.807, 2.05) is 0 Å². The van der Waals surface area contributed by atoms with Crippen molar-refractivity contribution < 1.29 is 26.3 Å². The summed E-state index contributed by atoms with van der Waals surface area (Å²) >= 11 is 0. The van der Waals surface area contributed by atoms with Crippen LogP contribution >= 0.6 is 0 Å². The van der Waals surface area contributed by atoms with E-state index in [1.165, 1.54) is 36.4 Å². The van der Waals surface area contributed by atoms with Gasteiger partial charge in [0.15, 0.2) is 0 Å². The summed E-state index contributed by atoms with van der Waals surface area (Å²) in [7, 11) is 0. The molecule has 0 aromatic heterocycles. The van der Waals surface area contributed by atoms with Crippen molar-refractivity contribution >= 4 is 5.69 Å². The maximum absolute atomic E-state index is 13.8. The van der Waals surface area contributed by atoms with Crippen molar-refractivity contribution in [2.45, 2.75) is 19.3 Å². The van der Waals surface area contributed by atoms with E-state index in [9.17, 15) is 26.3 Å². The normalized spacial score (nSPS) is 12.2. The number of hydrogen-bond donors (Lipinski definition) is 1. The van der Waals surface area contributed by atoms with Crippen LogP contribution in [0.25, 0.3) is 22.3 Å². The van der Waals surface area contributed by atoms with Gasteiger partial charge in [-0.1, -0.05) is 54.1 Å². The molecule has 0 bridgehead atoms. The molecule has 2 N–H and O–H groups in total. The Kier molecular flexibility index (Phi) is 4.87. The smallest absolute Gasteiger partial charge is 0.399 e. The van der Waals surface area contributed by atoms with E-state index in [1.54, 1.807) is 19.1 Å². The van der Waals surface area contributed by atoms with Crippen LogP contribution in [-0.4, -0.2) is 0 Å². The molecule has 0 aliphatic heterocycles. The van der Waals surface area contributed by atoms with Crippen LogP contribution in [-0.2, 0) is 12.4 Å². The Morgan fingerprint density at radius 2 is 0.929 bits per heavy atom. The van der Waals surface area contributed by atoms with Gasteiger partial charge >= 0.3 is 12.4 Å². The third-order valence-corrected chi connectivity index (χ3v) is 4.36. The van der Waals surface area contributed by atoms with Crippen LogP contribution in [0.15, 0.2) is 60.7 Å². The second-order valence-corrected chi connectivity index (χ2v) is 6.39. The lowest BCUT2D eigenvalue weighted by atomic mass is 9.88. The highest BCUT2D eigenvalue weighted by Crippen LogP contribution is 2.49. The zero-order valence-corrected chi connectivity index (χ0v) is 14.6. The highest BCUT2D eigenvalue weighted by molar-refractivity contribution is 5.79. The molecule has 0 heterocycles. The van der Waals surface area contributed by atoms with Crippen LogP contribution in [0.3, 0.4) is 0 Å². The summed E-state index contributed by atoms with van der Waals surface area (Å²) in [6, 6.07) is 13.2. The first-order chi connectivity index (χ1) is 13.0. The van der Waals surface area contributed by atoms with Crippen molar-refractivity contribution in [1.29, 1.82) is 0 Å². The van der Waals surface area contributed by atoms with Crippen LogP contribution in [0.5, 0.6) is 0 Å². The Morgan fingerprint density at radius 3 is 1.29 bits per heavy atom. The van der Waals surface area contributed by atoms with Crippen LogP contribution in [0.2, 0.25) is 0 Å². The molecule has 0 amide bonds. The van der Waals surface area contributed by atoms with Crippen LogP contribution < -0.4 is 5.73 Å². The number of halogens is 6. The third kappa shape index (κ3) is 3.83. The largest absolute Gasteiger partial charge is 0.417 e. The lowest BCUT2D eigenvalue weighted by molar-refractivity contribution is -0.161. The molecule has 3 rings (SSSR count). The number of nitrogens with two attached hydrogens (primary N) is 1. The Hall–Kier alpha value is -2.96. The van der Waals surface area contributed by atoms with E-state index in [0.29, 0.717) is 5.69 Å². The highest BCUT2D eigenvalue weighted by Gasteiger charge is 2.46. The molecule has 0 aliphatic rings. The van der Waals surface area contributed by atoms with Crippen molar-refractivity contribution in [3.05, 3.63) is 77.4 Å². The van der Waals surface area contributed by atoms with Gasteiger partial charge in [0.1, 0.15) is 0 Å². The Balaban J connectivity index is 2.38. The second-order valence-electron chi connectivity index (χ2n) is 6.39. The van der Waals surface area contributed by atoms with Gasteiger partial charge in [0.2, 0.25) is 0 Å². The summed E-state index contributed by atoms with van der Waals surface area (Å²) in [6.45, 7) is 1.74. The number of hydrogen-bond acceptors (Lipinski definition) is 1. The molecule has 0 saturated carbocycles. The average Bonchev–Trinajstić information content (AvgIpc) is 2.60. The Labute approximate surface area is 157 Å². The maximum Gasteiger partial charge on any atom is 0.417 e. The number of rotatable bonds is 2. The molecule has 146 valence electrons. The zero-order chi connectivity index (χ0) is 20.7. The molecule has 0 radical (unpaired) electrons. The van der Waals surface area contributed by atoms with Crippen molar-refractivity contribution in [3.8, 4) is 22.3 Å². The average molecular weight is 395 g/mol. The molecule has 7 heteroatoms. The summed E-state index contributed by atoms with van der Waals surface area (Å²) in [5, 5.41) is 0. The maximum atomic E-state index is 13.8. The van der Waals surface area contributed by atoms with Crippen molar-refractivity contribution in [3.63, 3.8) is 0 Å². The number of anilines is 1.